The highest BCUT2D eigenvalue weighted by molar-refractivity contribution is 7.89. The molecule has 3 aliphatic rings. The van der Waals surface area contributed by atoms with Gasteiger partial charge in [0.25, 0.3) is 0 Å². The van der Waals surface area contributed by atoms with Gasteiger partial charge in [-0.25, -0.2) is 8.42 Å². The predicted octanol–water partition coefficient (Wildman–Crippen LogP) is 1.29. The summed E-state index contributed by atoms with van der Waals surface area (Å²) in [6.07, 6.45) is 2.77. The maximum atomic E-state index is 12.8. The molecule has 0 amide bonds. The molecule has 10 heteroatoms. The van der Waals surface area contributed by atoms with Crippen molar-refractivity contribution in [3.63, 3.8) is 0 Å². The normalized spacial score (nSPS) is 23.2. The van der Waals surface area contributed by atoms with E-state index in [0.29, 0.717) is 37.2 Å². The quantitative estimate of drug-likeness (QED) is 0.622. The molecule has 33 heavy (non-hydrogen) atoms. The molecule has 4 heterocycles. The second-order valence-corrected chi connectivity index (χ2v) is 10.8. The van der Waals surface area contributed by atoms with Crippen LogP contribution in [0, 0.1) is 0 Å². The lowest BCUT2D eigenvalue weighted by molar-refractivity contribution is 0.0712. The van der Waals surface area contributed by atoms with Crippen LogP contribution in [0.2, 0.25) is 0 Å². The van der Waals surface area contributed by atoms with Gasteiger partial charge in [0.2, 0.25) is 10.0 Å². The van der Waals surface area contributed by atoms with Gasteiger partial charge in [-0.3, -0.25) is 4.90 Å². The molecule has 0 N–H and O–H groups in total. The molecule has 3 fully saturated rings. The van der Waals surface area contributed by atoms with Crippen LogP contribution in [0.4, 0.5) is 11.6 Å². The van der Waals surface area contributed by atoms with Crippen LogP contribution in [0.15, 0.2) is 47.4 Å². The SMILES string of the molecule is O=S(=O)(c1ccccc1)N1CCN(c2ccc(N3CCN(CC4CCCO4)CC3)nn2)CC1. The molecule has 1 unspecified atom stereocenters. The largest absolute Gasteiger partial charge is 0.377 e. The van der Waals surface area contributed by atoms with Gasteiger partial charge in [-0.15, -0.1) is 10.2 Å². The number of nitrogens with zero attached hydrogens (tertiary/aromatic N) is 6. The minimum atomic E-state index is -3.45. The van der Waals surface area contributed by atoms with Gasteiger partial charge in [0.15, 0.2) is 11.6 Å². The first-order chi connectivity index (χ1) is 16.1. The third-order valence-corrected chi connectivity index (χ3v) is 8.67. The smallest absolute Gasteiger partial charge is 0.243 e. The van der Waals surface area contributed by atoms with Gasteiger partial charge in [0, 0.05) is 65.5 Å². The zero-order valence-electron chi connectivity index (χ0n) is 18.9. The van der Waals surface area contributed by atoms with Crippen molar-refractivity contribution in [1.29, 1.82) is 0 Å². The van der Waals surface area contributed by atoms with E-state index in [4.69, 9.17) is 4.74 Å². The summed E-state index contributed by atoms with van der Waals surface area (Å²) in [6, 6.07) is 12.7. The predicted molar refractivity (Wildman–Crippen MR) is 127 cm³/mol. The topological polar surface area (TPSA) is 82.1 Å². The number of ether oxygens (including phenoxy) is 1. The second kappa shape index (κ2) is 9.92. The van der Waals surface area contributed by atoms with Gasteiger partial charge in [0.1, 0.15) is 0 Å². The van der Waals surface area contributed by atoms with Gasteiger partial charge in [-0.2, -0.15) is 4.31 Å². The first-order valence-corrected chi connectivity index (χ1v) is 13.3. The van der Waals surface area contributed by atoms with E-state index >= 15 is 0 Å². The van der Waals surface area contributed by atoms with E-state index in [0.717, 1.165) is 51.0 Å². The van der Waals surface area contributed by atoms with E-state index in [-0.39, 0.29) is 0 Å². The first kappa shape index (κ1) is 22.5. The molecule has 3 saturated heterocycles. The monoisotopic (exact) mass is 472 g/mol. The zero-order chi connectivity index (χ0) is 22.7. The third kappa shape index (κ3) is 5.13. The summed E-state index contributed by atoms with van der Waals surface area (Å²) < 4.78 is 33.0. The third-order valence-electron chi connectivity index (χ3n) is 6.76. The lowest BCUT2D eigenvalue weighted by atomic mass is 10.2. The van der Waals surface area contributed by atoms with Crippen LogP contribution in [0.3, 0.4) is 0 Å². The summed E-state index contributed by atoms with van der Waals surface area (Å²) in [7, 11) is -3.45. The van der Waals surface area contributed by atoms with Crippen molar-refractivity contribution in [3.05, 3.63) is 42.5 Å². The Morgan fingerprint density at radius 3 is 1.97 bits per heavy atom. The van der Waals surface area contributed by atoms with Crippen molar-refractivity contribution in [1.82, 2.24) is 19.4 Å². The Bertz CT molecular complexity index is 998. The van der Waals surface area contributed by atoms with Crippen LogP contribution in [0.1, 0.15) is 12.8 Å². The molecule has 5 rings (SSSR count). The summed E-state index contributed by atoms with van der Waals surface area (Å²) in [5.41, 5.74) is 0. The van der Waals surface area contributed by atoms with E-state index in [9.17, 15) is 8.42 Å². The van der Waals surface area contributed by atoms with E-state index < -0.39 is 10.0 Å². The molecule has 0 bridgehead atoms. The summed E-state index contributed by atoms with van der Waals surface area (Å²) in [5.74, 6) is 1.70. The Kier molecular flexibility index (Phi) is 6.77. The van der Waals surface area contributed by atoms with E-state index in [1.165, 1.54) is 12.8 Å². The molecule has 1 atom stereocenters. The zero-order valence-corrected chi connectivity index (χ0v) is 19.7. The van der Waals surface area contributed by atoms with Gasteiger partial charge < -0.3 is 14.5 Å². The molecule has 0 radical (unpaired) electrons. The highest BCUT2D eigenvalue weighted by atomic mass is 32.2. The Morgan fingerprint density at radius 2 is 1.42 bits per heavy atom. The number of sulfonamides is 1. The summed E-state index contributed by atoms with van der Waals surface area (Å²) >= 11 is 0. The van der Waals surface area contributed by atoms with Crippen LogP contribution in [0.25, 0.3) is 0 Å². The fourth-order valence-electron chi connectivity index (χ4n) is 4.79. The molecule has 3 aliphatic heterocycles. The number of piperazine rings is 2. The maximum Gasteiger partial charge on any atom is 0.243 e. The highest BCUT2D eigenvalue weighted by Crippen LogP contribution is 2.22. The molecule has 178 valence electrons. The standard InChI is InChI=1S/C23H32N6O3S/c30-33(31,21-6-2-1-3-7-21)29-16-14-28(15-17-29)23-9-8-22(24-25-23)27-12-10-26(11-13-27)19-20-5-4-18-32-20/h1-3,6-9,20H,4-5,10-19H2. The summed E-state index contributed by atoms with van der Waals surface area (Å²) in [6.45, 7) is 7.93. The number of hydrogen-bond donors (Lipinski definition) is 0. The van der Waals surface area contributed by atoms with Crippen LogP contribution in [-0.4, -0.2) is 99.4 Å². The highest BCUT2D eigenvalue weighted by Gasteiger charge is 2.29. The van der Waals surface area contributed by atoms with Gasteiger partial charge >= 0.3 is 0 Å². The molecule has 0 saturated carbocycles. The van der Waals surface area contributed by atoms with Crippen molar-refractivity contribution >= 4 is 21.7 Å². The molecule has 1 aromatic carbocycles. The van der Waals surface area contributed by atoms with Crippen LogP contribution in [0.5, 0.6) is 0 Å². The number of benzene rings is 1. The average Bonchev–Trinajstić information content (AvgIpc) is 3.38. The molecule has 0 aliphatic carbocycles. The van der Waals surface area contributed by atoms with E-state index in [1.807, 2.05) is 18.2 Å². The number of anilines is 2. The van der Waals surface area contributed by atoms with Gasteiger partial charge in [0.05, 0.1) is 11.0 Å². The Labute approximate surface area is 196 Å². The van der Waals surface area contributed by atoms with E-state index in [2.05, 4.69) is 24.9 Å². The first-order valence-electron chi connectivity index (χ1n) is 11.8. The minimum Gasteiger partial charge on any atom is -0.377 e. The van der Waals surface area contributed by atoms with E-state index in [1.54, 1.807) is 28.6 Å². The maximum absolute atomic E-state index is 12.8. The Balaban J connectivity index is 1.13. The van der Waals surface area contributed by atoms with Crippen molar-refractivity contribution in [2.75, 3.05) is 75.3 Å². The minimum absolute atomic E-state index is 0.346. The van der Waals surface area contributed by atoms with Crippen molar-refractivity contribution < 1.29 is 13.2 Å². The lowest BCUT2D eigenvalue weighted by Gasteiger charge is -2.36. The molecular formula is C23H32N6O3S. The molecular weight excluding hydrogens is 440 g/mol. The average molecular weight is 473 g/mol. The van der Waals surface area contributed by atoms with Crippen LogP contribution < -0.4 is 9.80 Å². The number of hydrogen-bond acceptors (Lipinski definition) is 8. The van der Waals surface area contributed by atoms with Crippen molar-refractivity contribution in [3.8, 4) is 0 Å². The molecule has 1 aromatic heterocycles. The lowest BCUT2D eigenvalue weighted by Crippen LogP contribution is -2.49. The fourth-order valence-corrected chi connectivity index (χ4v) is 6.23. The second-order valence-electron chi connectivity index (χ2n) is 8.88. The van der Waals surface area contributed by atoms with Crippen molar-refractivity contribution in [2.45, 2.75) is 23.8 Å². The van der Waals surface area contributed by atoms with Crippen LogP contribution in [-0.2, 0) is 14.8 Å². The Morgan fingerprint density at radius 1 is 0.818 bits per heavy atom. The van der Waals surface area contributed by atoms with Crippen LogP contribution >= 0.6 is 0 Å². The summed E-state index contributed by atoms with van der Waals surface area (Å²) in [5, 5.41) is 8.94. The van der Waals surface area contributed by atoms with Gasteiger partial charge in [-0.05, 0) is 37.1 Å². The number of rotatable bonds is 6. The molecule has 0 spiro atoms. The van der Waals surface area contributed by atoms with Crippen molar-refractivity contribution in [2.24, 2.45) is 0 Å². The molecule has 2 aromatic rings. The summed E-state index contributed by atoms with van der Waals surface area (Å²) in [4.78, 5) is 7.22. The molecule has 9 nitrogen and oxygen atoms in total. The Hall–Kier alpha value is -2.27. The fraction of sp³-hybridized carbons (Fsp3) is 0.565. The number of aromatic nitrogens is 2. The van der Waals surface area contributed by atoms with Gasteiger partial charge in [-0.1, -0.05) is 18.2 Å².